The van der Waals surface area contributed by atoms with Gasteiger partial charge in [0.1, 0.15) is 23.9 Å². The van der Waals surface area contributed by atoms with E-state index in [9.17, 15) is 13.6 Å². The second kappa shape index (κ2) is 6.73. The summed E-state index contributed by atoms with van der Waals surface area (Å²) in [5.74, 6) is -0.822. The highest BCUT2D eigenvalue weighted by molar-refractivity contribution is 5.95. The molecule has 4 heterocycles. The maximum atomic E-state index is 13.9. The molecule has 0 spiro atoms. The van der Waals surface area contributed by atoms with Gasteiger partial charge in [-0.2, -0.15) is 0 Å². The minimum Gasteiger partial charge on any atom is -0.384 e. The van der Waals surface area contributed by atoms with Crippen LogP contribution in [0.1, 0.15) is 13.3 Å². The first-order chi connectivity index (χ1) is 12.5. The molecule has 0 radical (unpaired) electrons. The molecule has 0 bridgehead atoms. The van der Waals surface area contributed by atoms with Crippen LogP contribution >= 0.6 is 0 Å². The van der Waals surface area contributed by atoms with Crippen molar-refractivity contribution in [1.29, 1.82) is 0 Å². The van der Waals surface area contributed by atoms with Gasteiger partial charge in [0.2, 0.25) is 0 Å². The predicted octanol–water partition coefficient (Wildman–Crippen LogP) is 0.308. The van der Waals surface area contributed by atoms with Gasteiger partial charge in [-0.15, -0.1) is 0 Å². The summed E-state index contributed by atoms with van der Waals surface area (Å²) in [6.07, 6.45) is 6.30. The van der Waals surface area contributed by atoms with Gasteiger partial charge in [0.15, 0.2) is 0 Å². The van der Waals surface area contributed by atoms with E-state index in [0.29, 0.717) is 30.9 Å². The minimum absolute atomic E-state index is 0.0527. The fourth-order valence-corrected chi connectivity index (χ4v) is 3.60. The van der Waals surface area contributed by atoms with Crippen molar-refractivity contribution in [3.63, 3.8) is 0 Å². The van der Waals surface area contributed by atoms with Gasteiger partial charge in [-0.3, -0.25) is 14.7 Å². The zero-order chi connectivity index (χ0) is 18.3. The van der Waals surface area contributed by atoms with Crippen LogP contribution < -0.4 is 21.4 Å². The number of nitrogens with zero attached hydrogens (tertiary/aromatic N) is 2. The van der Waals surface area contributed by atoms with Crippen LogP contribution in [0, 0.1) is 0 Å². The van der Waals surface area contributed by atoms with Crippen LogP contribution in [-0.4, -0.2) is 54.0 Å². The van der Waals surface area contributed by atoms with Crippen molar-refractivity contribution < 1.29 is 13.6 Å². The molecule has 2 unspecified atom stereocenters. The quantitative estimate of drug-likeness (QED) is 0.541. The van der Waals surface area contributed by atoms with E-state index in [0.717, 1.165) is 0 Å². The zero-order valence-corrected chi connectivity index (χ0v) is 14.4. The normalized spacial score (nSPS) is 31.2. The number of amides is 1. The van der Waals surface area contributed by atoms with E-state index in [1.165, 1.54) is 6.08 Å². The van der Waals surface area contributed by atoms with E-state index < -0.39 is 17.9 Å². The number of hydrogen-bond acceptors (Lipinski definition) is 6. The summed E-state index contributed by atoms with van der Waals surface area (Å²) < 4.78 is 27.4. The summed E-state index contributed by atoms with van der Waals surface area (Å²) in [5.41, 5.74) is 4.51. The van der Waals surface area contributed by atoms with Crippen LogP contribution in [0.2, 0.25) is 0 Å². The fourth-order valence-electron chi connectivity index (χ4n) is 3.60. The third kappa shape index (κ3) is 3.08. The molecular weight excluding hydrogens is 342 g/mol. The van der Waals surface area contributed by atoms with Gasteiger partial charge in [0.05, 0.1) is 18.4 Å². The lowest BCUT2D eigenvalue weighted by atomic mass is 10.2. The lowest BCUT2D eigenvalue weighted by Gasteiger charge is -2.38. The number of likely N-dealkylation sites (tertiary alicyclic amines) is 1. The van der Waals surface area contributed by atoms with Crippen LogP contribution in [0.15, 0.2) is 47.3 Å². The smallest absolute Gasteiger partial charge is 0.275 e. The van der Waals surface area contributed by atoms with Gasteiger partial charge >= 0.3 is 0 Å². The summed E-state index contributed by atoms with van der Waals surface area (Å²) in [7, 11) is 0. The Balaban J connectivity index is 1.50. The number of fused-ring (bicyclic) bond motifs is 1. The number of carbonyl (C=O) groups excluding carboxylic acids is 1. The van der Waals surface area contributed by atoms with E-state index in [4.69, 9.17) is 0 Å². The van der Waals surface area contributed by atoms with Crippen molar-refractivity contribution in [3.8, 4) is 0 Å². The van der Waals surface area contributed by atoms with Gasteiger partial charge < -0.3 is 16.0 Å². The Morgan fingerprint density at radius 1 is 1.35 bits per heavy atom. The Hall–Kier alpha value is -2.39. The van der Waals surface area contributed by atoms with E-state index in [1.807, 2.05) is 17.1 Å². The van der Waals surface area contributed by atoms with Crippen molar-refractivity contribution >= 4 is 5.91 Å². The molecule has 0 aromatic heterocycles. The summed E-state index contributed by atoms with van der Waals surface area (Å²) in [6.45, 7) is 2.88. The first kappa shape index (κ1) is 17.0. The average molecular weight is 364 g/mol. The first-order valence-corrected chi connectivity index (χ1v) is 8.72. The molecule has 1 saturated heterocycles. The van der Waals surface area contributed by atoms with Crippen LogP contribution in [0.5, 0.6) is 0 Å². The maximum absolute atomic E-state index is 13.9. The van der Waals surface area contributed by atoms with Gasteiger partial charge in [-0.1, -0.05) is 6.08 Å². The van der Waals surface area contributed by atoms with Gasteiger partial charge in [-0.25, -0.2) is 14.2 Å². The number of rotatable bonds is 3. The van der Waals surface area contributed by atoms with Crippen LogP contribution in [0.4, 0.5) is 8.78 Å². The molecule has 0 aliphatic carbocycles. The molecule has 9 heteroatoms. The van der Waals surface area contributed by atoms with Crippen LogP contribution in [0.3, 0.4) is 0 Å². The maximum Gasteiger partial charge on any atom is 0.275 e. The second-order valence-electron chi connectivity index (χ2n) is 6.76. The summed E-state index contributed by atoms with van der Waals surface area (Å²) in [4.78, 5) is 14.8. The second-order valence-corrected chi connectivity index (χ2v) is 6.76. The van der Waals surface area contributed by atoms with Crippen molar-refractivity contribution in [2.45, 2.75) is 31.8 Å². The third-order valence-corrected chi connectivity index (χ3v) is 4.92. The lowest BCUT2D eigenvalue weighted by Crippen LogP contribution is -2.58. The summed E-state index contributed by atoms with van der Waals surface area (Å²) >= 11 is 0. The Bertz CT molecular complexity index is 731. The third-order valence-electron chi connectivity index (χ3n) is 4.92. The number of nitrogens with one attached hydrogen (secondary N) is 4. The van der Waals surface area contributed by atoms with Crippen molar-refractivity contribution in [2.75, 3.05) is 19.6 Å². The first-order valence-electron chi connectivity index (χ1n) is 8.72. The Labute approximate surface area is 150 Å². The molecule has 140 valence electrons. The lowest BCUT2D eigenvalue weighted by molar-refractivity contribution is -0.119. The topological polar surface area (TPSA) is 71.7 Å². The molecule has 1 amide bonds. The van der Waals surface area contributed by atoms with Gasteiger partial charge in [0.25, 0.3) is 5.91 Å². The van der Waals surface area contributed by atoms with E-state index in [2.05, 4.69) is 21.4 Å². The highest BCUT2D eigenvalue weighted by atomic mass is 19.1. The standard InChI is InChI=1S/C17H22F2N6O/c1-10-16(17(26)22-13-4-6-20-8-12(13)19)25-14(21-10)2-3-15(23-25)24-7-5-11(18)9-24/h2-4,6,11,14-15,20-21,23H,5,7-9H2,1H3,(H,22,26)/t11-,14?,15?/m0/s1. The Morgan fingerprint density at radius 3 is 2.88 bits per heavy atom. The number of dihydropyridines is 1. The molecule has 0 aromatic carbocycles. The summed E-state index contributed by atoms with van der Waals surface area (Å²) in [6, 6.07) is 0. The van der Waals surface area contributed by atoms with Crippen LogP contribution in [-0.2, 0) is 4.79 Å². The highest BCUT2D eigenvalue weighted by Gasteiger charge is 2.38. The molecule has 26 heavy (non-hydrogen) atoms. The van der Waals surface area contributed by atoms with E-state index >= 15 is 0 Å². The molecule has 0 saturated carbocycles. The van der Waals surface area contributed by atoms with Crippen molar-refractivity contribution in [2.24, 2.45) is 0 Å². The number of hydrazine groups is 1. The molecule has 4 aliphatic rings. The summed E-state index contributed by atoms with van der Waals surface area (Å²) in [5, 5.41) is 10.3. The van der Waals surface area contributed by atoms with Gasteiger partial charge in [0, 0.05) is 18.8 Å². The van der Waals surface area contributed by atoms with Crippen molar-refractivity contribution in [3.05, 3.63) is 47.3 Å². The van der Waals surface area contributed by atoms with Crippen molar-refractivity contribution in [1.82, 2.24) is 31.3 Å². The molecule has 1 fully saturated rings. The van der Waals surface area contributed by atoms with E-state index in [1.54, 1.807) is 18.1 Å². The SMILES string of the molecule is CC1=C(C(=O)NC2=C(F)CNC=C2)N2NC(N3CC[C@H](F)C3)C=CC2N1. The zero-order valence-electron chi connectivity index (χ0n) is 14.4. The molecule has 4 rings (SSSR count). The molecule has 4 aliphatic heterocycles. The molecule has 3 atom stereocenters. The Morgan fingerprint density at radius 2 is 2.15 bits per heavy atom. The van der Waals surface area contributed by atoms with Gasteiger partial charge in [-0.05, 0) is 31.7 Å². The molecular formula is C17H22F2N6O. The fraction of sp³-hybridized carbons (Fsp3) is 0.471. The molecule has 0 aromatic rings. The average Bonchev–Trinajstić information content (AvgIpc) is 3.18. The van der Waals surface area contributed by atoms with Crippen LogP contribution in [0.25, 0.3) is 0 Å². The number of carbonyl (C=O) groups is 1. The minimum atomic E-state index is -0.818. The number of allylic oxidation sites excluding steroid dienone is 2. The number of hydrogen-bond donors (Lipinski definition) is 4. The van der Waals surface area contributed by atoms with E-state index in [-0.39, 0.29) is 24.6 Å². The Kier molecular flexibility index (Phi) is 4.41. The highest BCUT2D eigenvalue weighted by Crippen LogP contribution is 2.25. The molecule has 4 N–H and O–H groups in total. The predicted molar refractivity (Wildman–Crippen MR) is 92.0 cm³/mol. The largest absolute Gasteiger partial charge is 0.384 e. The number of halogens is 2. The number of alkyl halides is 1. The monoisotopic (exact) mass is 364 g/mol. The molecule has 7 nitrogen and oxygen atoms in total.